The zero-order valence-corrected chi connectivity index (χ0v) is 10.5. The molecule has 0 bridgehead atoms. The highest BCUT2D eigenvalue weighted by molar-refractivity contribution is 5.89. The summed E-state index contributed by atoms with van der Waals surface area (Å²) in [6, 6.07) is 7.44. The molecular formula is C14H20O3. The SMILES string of the molecule is CCC(CO)CCc1ccc(C(=O)OC)cc1. The molecule has 94 valence electrons. The van der Waals surface area contributed by atoms with Crippen LogP contribution in [0.15, 0.2) is 24.3 Å². The van der Waals surface area contributed by atoms with Crippen molar-refractivity contribution in [3.63, 3.8) is 0 Å². The summed E-state index contributed by atoms with van der Waals surface area (Å²) < 4.78 is 4.64. The van der Waals surface area contributed by atoms with Crippen LogP contribution in [-0.2, 0) is 11.2 Å². The van der Waals surface area contributed by atoms with Gasteiger partial charge in [-0.25, -0.2) is 4.79 Å². The van der Waals surface area contributed by atoms with Gasteiger partial charge in [0, 0.05) is 6.61 Å². The maximum absolute atomic E-state index is 11.2. The van der Waals surface area contributed by atoms with Crippen molar-refractivity contribution in [1.29, 1.82) is 0 Å². The van der Waals surface area contributed by atoms with Crippen LogP contribution in [0.25, 0.3) is 0 Å². The number of benzene rings is 1. The molecule has 0 aromatic heterocycles. The molecule has 0 saturated heterocycles. The predicted molar refractivity (Wildman–Crippen MR) is 67.0 cm³/mol. The first kappa shape index (κ1) is 13.7. The fourth-order valence-corrected chi connectivity index (χ4v) is 1.72. The van der Waals surface area contributed by atoms with Gasteiger partial charge in [0.15, 0.2) is 0 Å². The van der Waals surface area contributed by atoms with E-state index < -0.39 is 0 Å². The molecule has 17 heavy (non-hydrogen) atoms. The molecule has 3 nitrogen and oxygen atoms in total. The lowest BCUT2D eigenvalue weighted by molar-refractivity contribution is 0.0600. The number of methoxy groups -OCH3 is 1. The Balaban J connectivity index is 2.53. The molecule has 1 atom stereocenters. The van der Waals surface area contributed by atoms with Gasteiger partial charge in [-0.05, 0) is 36.5 Å². The highest BCUT2D eigenvalue weighted by Crippen LogP contribution is 2.13. The van der Waals surface area contributed by atoms with Crippen molar-refractivity contribution in [3.8, 4) is 0 Å². The maximum atomic E-state index is 11.2. The number of ether oxygens (including phenoxy) is 1. The minimum atomic E-state index is -0.307. The van der Waals surface area contributed by atoms with Gasteiger partial charge in [0.1, 0.15) is 0 Å². The average Bonchev–Trinajstić information content (AvgIpc) is 2.39. The number of carbonyl (C=O) groups excluding carboxylic acids is 1. The van der Waals surface area contributed by atoms with E-state index in [4.69, 9.17) is 5.11 Å². The van der Waals surface area contributed by atoms with Gasteiger partial charge >= 0.3 is 5.97 Å². The minimum absolute atomic E-state index is 0.247. The zero-order valence-electron chi connectivity index (χ0n) is 10.5. The van der Waals surface area contributed by atoms with Crippen LogP contribution in [0.3, 0.4) is 0 Å². The van der Waals surface area contributed by atoms with Gasteiger partial charge in [-0.3, -0.25) is 0 Å². The lowest BCUT2D eigenvalue weighted by atomic mass is 9.97. The quantitative estimate of drug-likeness (QED) is 0.772. The summed E-state index contributed by atoms with van der Waals surface area (Å²) in [5, 5.41) is 9.09. The fourth-order valence-electron chi connectivity index (χ4n) is 1.72. The molecule has 0 aliphatic carbocycles. The van der Waals surface area contributed by atoms with E-state index in [0.29, 0.717) is 11.5 Å². The Hall–Kier alpha value is -1.35. The third-order valence-electron chi connectivity index (χ3n) is 3.05. The normalized spacial score (nSPS) is 12.2. The molecule has 0 spiro atoms. The van der Waals surface area contributed by atoms with Crippen molar-refractivity contribution >= 4 is 5.97 Å². The summed E-state index contributed by atoms with van der Waals surface area (Å²) in [5.74, 6) is 0.0635. The van der Waals surface area contributed by atoms with E-state index in [9.17, 15) is 4.79 Å². The number of aliphatic hydroxyl groups is 1. The van der Waals surface area contributed by atoms with Gasteiger partial charge in [-0.15, -0.1) is 0 Å². The average molecular weight is 236 g/mol. The van der Waals surface area contributed by atoms with E-state index >= 15 is 0 Å². The van der Waals surface area contributed by atoms with Gasteiger partial charge < -0.3 is 9.84 Å². The summed E-state index contributed by atoms with van der Waals surface area (Å²) >= 11 is 0. The van der Waals surface area contributed by atoms with E-state index in [0.717, 1.165) is 19.3 Å². The van der Waals surface area contributed by atoms with Crippen LogP contribution in [0.5, 0.6) is 0 Å². The van der Waals surface area contributed by atoms with Crippen LogP contribution in [0.4, 0.5) is 0 Å². The van der Waals surface area contributed by atoms with Crippen LogP contribution in [0, 0.1) is 5.92 Å². The monoisotopic (exact) mass is 236 g/mol. The van der Waals surface area contributed by atoms with Crippen LogP contribution >= 0.6 is 0 Å². The maximum Gasteiger partial charge on any atom is 0.337 e. The molecule has 0 heterocycles. The first-order valence-electron chi connectivity index (χ1n) is 5.99. The number of rotatable bonds is 6. The van der Waals surface area contributed by atoms with Crippen LogP contribution < -0.4 is 0 Å². The topological polar surface area (TPSA) is 46.5 Å². The van der Waals surface area contributed by atoms with E-state index in [2.05, 4.69) is 11.7 Å². The van der Waals surface area contributed by atoms with Gasteiger partial charge in [-0.2, -0.15) is 0 Å². The first-order valence-corrected chi connectivity index (χ1v) is 5.99. The Morgan fingerprint density at radius 1 is 1.35 bits per heavy atom. The summed E-state index contributed by atoms with van der Waals surface area (Å²) in [7, 11) is 1.38. The second-order valence-electron chi connectivity index (χ2n) is 4.18. The van der Waals surface area contributed by atoms with Gasteiger partial charge in [-0.1, -0.05) is 25.5 Å². The highest BCUT2D eigenvalue weighted by Gasteiger charge is 2.07. The van der Waals surface area contributed by atoms with Gasteiger partial charge in [0.25, 0.3) is 0 Å². The molecule has 0 amide bonds. The summed E-state index contributed by atoms with van der Waals surface area (Å²) in [6.07, 6.45) is 2.90. The number of aliphatic hydroxyl groups excluding tert-OH is 1. The molecule has 0 aliphatic heterocycles. The highest BCUT2D eigenvalue weighted by atomic mass is 16.5. The molecule has 1 rings (SSSR count). The zero-order chi connectivity index (χ0) is 12.7. The van der Waals surface area contributed by atoms with Crippen molar-refractivity contribution in [2.75, 3.05) is 13.7 Å². The van der Waals surface area contributed by atoms with E-state index in [1.807, 2.05) is 12.1 Å². The molecule has 1 aromatic carbocycles. The van der Waals surface area contributed by atoms with Crippen LogP contribution in [0.1, 0.15) is 35.7 Å². The predicted octanol–water partition coefficient (Wildman–Crippen LogP) is 2.42. The van der Waals surface area contributed by atoms with Crippen molar-refractivity contribution in [1.82, 2.24) is 0 Å². The van der Waals surface area contributed by atoms with Gasteiger partial charge in [0.05, 0.1) is 12.7 Å². The summed E-state index contributed by atoms with van der Waals surface area (Å²) in [5.41, 5.74) is 1.76. The van der Waals surface area contributed by atoms with Crippen molar-refractivity contribution < 1.29 is 14.6 Å². The number of hydrogen-bond acceptors (Lipinski definition) is 3. The number of aryl methyl sites for hydroxylation is 1. The lowest BCUT2D eigenvalue weighted by Crippen LogP contribution is -2.06. The molecule has 0 radical (unpaired) electrons. The molecule has 1 unspecified atom stereocenters. The fraction of sp³-hybridized carbons (Fsp3) is 0.500. The molecule has 1 aromatic rings. The molecular weight excluding hydrogens is 216 g/mol. The largest absolute Gasteiger partial charge is 0.465 e. The number of esters is 1. The third-order valence-corrected chi connectivity index (χ3v) is 3.05. The van der Waals surface area contributed by atoms with Crippen LogP contribution in [0.2, 0.25) is 0 Å². The third kappa shape index (κ3) is 4.19. The first-order chi connectivity index (χ1) is 8.21. The Kier molecular flexibility index (Phi) is 5.70. The summed E-state index contributed by atoms with van der Waals surface area (Å²) in [4.78, 5) is 11.2. The van der Waals surface area contributed by atoms with Crippen molar-refractivity contribution in [2.45, 2.75) is 26.2 Å². The number of hydrogen-bond donors (Lipinski definition) is 1. The van der Waals surface area contributed by atoms with Crippen molar-refractivity contribution in [2.24, 2.45) is 5.92 Å². The van der Waals surface area contributed by atoms with E-state index in [-0.39, 0.29) is 12.6 Å². The standard InChI is InChI=1S/C14H20O3/c1-3-11(10-15)4-5-12-6-8-13(9-7-12)14(16)17-2/h6-9,11,15H,3-5,10H2,1-2H3. The summed E-state index contributed by atoms with van der Waals surface area (Å²) in [6.45, 7) is 2.33. The Morgan fingerprint density at radius 3 is 2.47 bits per heavy atom. The number of carbonyl (C=O) groups is 1. The molecule has 3 heteroatoms. The Bertz CT molecular complexity index is 339. The molecule has 0 saturated carbocycles. The second-order valence-corrected chi connectivity index (χ2v) is 4.18. The van der Waals surface area contributed by atoms with Gasteiger partial charge in [0.2, 0.25) is 0 Å². The van der Waals surface area contributed by atoms with Crippen LogP contribution in [-0.4, -0.2) is 24.8 Å². The Labute approximate surface area is 102 Å². The lowest BCUT2D eigenvalue weighted by Gasteiger charge is -2.11. The van der Waals surface area contributed by atoms with E-state index in [1.54, 1.807) is 12.1 Å². The molecule has 1 N–H and O–H groups in total. The second kappa shape index (κ2) is 7.07. The van der Waals surface area contributed by atoms with E-state index in [1.165, 1.54) is 12.7 Å². The smallest absolute Gasteiger partial charge is 0.337 e. The Morgan fingerprint density at radius 2 is 2.00 bits per heavy atom. The molecule has 0 aliphatic rings. The van der Waals surface area contributed by atoms with Crippen molar-refractivity contribution in [3.05, 3.63) is 35.4 Å². The minimum Gasteiger partial charge on any atom is -0.465 e. The molecule has 0 fully saturated rings.